The molecule has 1 unspecified atom stereocenters. The Bertz CT molecular complexity index is 727. The highest BCUT2D eigenvalue weighted by molar-refractivity contribution is 5.49. The summed E-state index contributed by atoms with van der Waals surface area (Å²) in [6.45, 7) is 0. The summed E-state index contributed by atoms with van der Waals surface area (Å²) in [4.78, 5) is 11.0. The van der Waals surface area contributed by atoms with Crippen LogP contribution in [0, 0.1) is 10.1 Å². The van der Waals surface area contributed by atoms with Crippen molar-refractivity contribution < 1.29 is 14.8 Å². The lowest BCUT2D eigenvalue weighted by Gasteiger charge is -2.25. The Hall–Kier alpha value is -2.56. The van der Waals surface area contributed by atoms with Crippen molar-refractivity contribution in [1.82, 2.24) is 0 Å². The highest BCUT2D eigenvalue weighted by Crippen LogP contribution is 2.39. The second-order valence-corrected chi connectivity index (χ2v) is 5.57. The van der Waals surface area contributed by atoms with Gasteiger partial charge in [0, 0.05) is 5.56 Å². The van der Waals surface area contributed by atoms with Crippen molar-refractivity contribution in [2.24, 2.45) is 0 Å². The first kappa shape index (κ1) is 14.4. The Morgan fingerprint density at radius 1 is 1.23 bits per heavy atom. The molecule has 0 aliphatic heterocycles. The van der Waals surface area contributed by atoms with Crippen molar-refractivity contribution >= 4 is 5.69 Å². The fourth-order valence-corrected chi connectivity index (χ4v) is 3.16. The average molecular weight is 299 g/mol. The van der Waals surface area contributed by atoms with Crippen molar-refractivity contribution in [3.63, 3.8) is 0 Å². The van der Waals surface area contributed by atoms with E-state index in [1.165, 1.54) is 13.2 Å². The minimum absolute atomic E-state index is 0.114. The molecule has 3 rings (SSSR count). The van der Waals surface area contributed by atoms with E-state index in [9.17, 15) is 15.2 Å². The van der Waals surface area contributed by atoms with E-state index >= 15 is 0 Å². The fraction of sp³-hybridized carbons (Fsp3) is 0.294. The molecule has 0 saturated heterocycles. The van der Waals surface area contributed by atoms with Gasteiger partial charge in [0.2, 0.25) is 0 Å². The molecular weight excluding hydrogens is 282 g/mol. The van der Waals surface area contributed by atoms with E-state index in [2.05, 4.69) is 0 Å². The van der Waals surface area contributed by atoms with Crippen LogP contribution >= 0.6 is 0 Å². The number of aryl methyl sites for hydroxylation is 1. The molecule has 2 aromatic rings. The number of fused-ring (bicyclic) bond motifs is 1. The van der Waals surface area contributed by atoms with Gasteiger partial charge in [-0.2, -0.15) is 0 Å². The normalized spacial score (nSPS) is 16.9. The van der Waals surface area contributed by atoms with Gasteiger partial charge in [-0.15, -0.1) is 0 Å². The largest absolute Gasteiger partial charge is 0.508 e. The molecule has 0 bridgehead atoms. The second kappa shape index (κ2) is 5.67. The molecule has 1 atom stereocenters. The summed E-state index contributed by atoms with van der Waals surface area (Å²) < 4.78 is 5.08. The molecule has 1 N–H and O–H groups in total. The monoisotopic (exact) mass is 299 g/mol. The van der Waals surface area contributed by atoms with Crippen LogP contribution in [0.4, 0.5) is 5.69 Å². The van der Waals surface area contributed by atoms with Crippen LogP contribution in [0.3, 0.4) is 0 Å². The Balaban J connectivity index is 1.95. The zero-order valence-electron chi connectivity index (χ0n) is 12.3. The van der Waals surface area contributed by atoms with Crippen LogP contribution in [0.25, 0.3) is 0 Å². The first-order valence-electron chi connectivity index (χ1n) is 7.21. The number of ether oxygens (including phenoxy) is 1. The van der Waals surface area contributed by atoms with Crippen molar-refractivity contribution in [2.45, 2.75) is 25.2 Å². The number of phenolic OH excluding ortho intramolecular Hbond substituents is 1. The molecule has 0 amide bonds. The van der Waals surface area contributed by atoms with Crippen LogP contribution in [0.1, 0.15) is 29.0 Å². The Morgan fingerprint density at radius 3 is 2.77 bits per heavy atom. The third-order valence-electron chi connectivity index (χ3n) is 4.29. The minimum atomic E-state index is -0.343. The number of nitro groups is 1. The molecular formula is C17H17NO4. The van der Waals surface area contributed by atoms with Gasteiger partial charge >= 0.3 is 0 Å². The predicted octanol–water partition coefficient (Wildman–Crippen LogP) is 3.58. The Morgan fingerprint density at radius 2 is 2.05 bits per heavy atom. The zero-order valence-corrected chi connectivity index (χ0v) is 12.3. The van der Waals surface area contributed by atoms with Gasteiger partial charge in [-0.3, -0.25) is 10.1 Å². The predicted molar refractivity (Wildman–Crippen MR) is 82.5 cm³/mol. The lowest BCUT2D eigenvalue weighted by atomic mass is 9.79. The summed E-state index contributed by atoms with van der Waals surface area (Å²) >= 11 is 0. The Kier molecular flexibility index (Phi) is 3.71. The van der Waals surface area contributed by atoms with E-state index in [0.29, 0.717) is 5.75 Å². The number of benzene rings is 2. The molecule has 5 heteroatoms. The molecule has 0 heterocycles. The topological polar surface area (TPSA) is 72.6 Å². The molecule has 0 radical (unpaired) electrons. The van der Waals surface area contributed by atoms with Crippen LogP contribution in [0.2, 0.25) is 0 Å². The minimum Gasteiger partial charge on any atom is -0.508 e. The van der Waals surface area contributed by atoms with Gasteiger partial charge in [0.15, 0.2) is 0 Å². The summed E-state index contributed by atoms with van der Waals surface area (Å²) in [6, 6.07) is 10.4. The number of nitro benzene ring substituents is 1. The first-order valence-corrected chi connectivity index (χ1v) is 7.21. The number of phenols is 1. The standard InChI is InChI=1S/C17H17NO4/c1-22-15-6-7-16(17(10-15)18(20)21)13-3-2-12-9-14(19)5-4-11(12)8-13/h4-7,9-10,13,19H,2-3,8H2,1H3. The third-order valence-corrected chi connectivity index (χ3v) is 4.29. The van der Waals surface area contributed by atoms with Crippen molar-refractivity contribution in [3.05, 3.63) is 63.2 Å². The molecule has 22 heavy (non-hydrogen) atoms. The van der Waals surface area contributed by atoms with Crippen LogP contribution in [0.5, 0.6) is 11.5 Å². The van der Waals surface area contributed by atoms with Crippen molar-refractivity contribution in [3.8, 4) is 11.5 Å². The van der Waals surface area contributed by atoms with E-state index < -0.39 is 0 Å². The number of methoxy groups -OCH3 is 1. The Labute approximate surface area is 128 Å². The lowest BCUT2D eigenvalue weighted by Crippen LogP contribution is -2.14. The van der Waals surface area contributed by atoms with Gasteiger partial charge < -0.3 is 9.84 Å². The number of nitrogens with zero attached hydrogens (tertiary/aromatic N) is 1. The molecule has 5 nitrogen and oxygen atoms in total. The van der Waals surface area contributed by atoms with Crippen LogP contribution in [0.15, 0.2) is 36.4 Å². The number of hydrogen-bond acceptors (Lipinski definition) is 4. The summed E-state index contributed by atoms with van der Waals surface area (Å²) in [7, 11) is 1.50. The molecule has 114 valence electrons. The SMILES string of the molecule is COc1ccc(C2CCc3cc(O)ccc3C2)c([N+](=O)[O-])c1. The maximum absolute atomic E-state index is 11.3. The highest BCUT2D eigenvalue weighted by Gasteiger charge is 2.27. The highest BCUT2D eigenvalue weighted by atomic mass is 16.6. The molecule has 0 fully saturated rings. The third kappa shape index (κ3) is 2.62. The molecule has 2 aromatic carbocycles. The summed E-state index contributed by atoms with van der Waals surface area (Å²) in [5.74, 6) is 0.882. The van der Waals surface area contributed by atoms with Gasteiger partial charge in [-0.1, -0.05) is 6.07 Å². The maximum Gasteiger partial charge on any atom is 0.276 e. The summed E-state index contributed by atoms with van der Waals surface area (Å²) in [5, 5.41) is 20.9. The fourth-order valence-electron chi connectivity index (χ4n) is 3.16. The summed E-state index contributed by atoms with van der Waals surface area (Å²) in [5.41, 5.74) is 3.16. The number of hydrogen-bond donors (Lipinski definition) is 1. The van der Waals surface area contributed by atoms with Gasteiger partial charge in [-0.25, -0.2) is 0 Å². The van der Waals surface area contributed by atoms with E-state index in [0.717, 1.165) is 36.0 Å². The zero-order chi connectivity index (χ0) is 15.7. The quantitative estimate of drug-likeness (QED) is 0.694. The smallest absolute Gasteiger partial charge is 0.276 e. The van der Waals surface area contributed by atoms with E-state index in [4.69, 9.17) is 4.74 Å². The lowest BCUT2D eigenvalue weighted by molar-refractivity contribution is -0.385. The average Bonchev–Trinajstić information content (AvgIpc) is 2.53. The molecule has 0 saturated carbocycles. The summed E-state index contributed by atoms with van der Waals surface area (Å²) in [6.07, 6.45) is 2.41. The van der Waals surface area contributed by atoms with Gasteiger partial charge in [-0.05, 0) is 60.6 Å². The van der Waals surface area contributed by atoms with Gasteiger partial charge in [0.25, 0.3) is 5.69 Å². The molecule has 0 aromatic heterocycles. The number of aromatic hydroxyl groups is 1. The molecule has 1 aliphatic rings. The van der Waals surface area contributed by atoms with Crippen LogP contribution < -0.4 is 4.74 Å². The first-order chi connectivity index (χ1) is 10.6. The van der Waals surface area contributed by atoms with E-state index in [1.54, 1.807) is 24.3 Å². The van der Waals surface area contributed by atoms with Gasteiger partial charge in [0.05, 0.1) is 18.1 Å². The van der Waals surface area contributed by atoms with Crippen molar-refractivity contribution in [2.75, 3.05) is 7.11 Å². The number of rotatable bonds is 3. The van der Waals surface area contributed by atoms with Crippen LogP contribution in [-0.2, 0) is 12.8 Å². The second-order valence-electron chi connectivity index (χ2n) is 5.57. The maximum atomic E-state index is 11.3. The van der Waals surface area contributed by atoms with E-state index in [1.807, 2.05) is 6.07 Å². The van der Waals surface area contributed by atoms with Crippen molar-refractivity contribution in [1.29, 1.82) is 0 Å². The van der Waals surface area contributed by atoms with E-state index in [-0.39, 0.29) is 22.3 Å². The molecule has 1 aliphatic carbocycles. The van der Waals surface area contributed by atoms with Gasteiger partial charge in [0.1, 0.15) is 11.5 Å². The molecule has 0 spiro atoms. The van der Waals surface area contributed by atoms with Crippen LogP contribution in [-0.4, -0.2) is 17.1 Å².